The Kier molecular flexibility index (Phi) is 5.93. The minimum Gasteiger partial charge on any atom is -0.375 e. The SMILES string of the molecule is C=CCN1CCO[C@@H]2CN(C(=O)CCc3cncnc3)CC[C@@H]2C1. The van der Waals surface area contributed by atoms with E-state index < -0.39 is 0 Å². The normalized spacial score (nSPS) is 24.9. The van der Waals surface area contributed by atoms with Crippen molar-refractivity contribution < 1.29 is 9.53 Å². The van der Waals surface area contributed by atoms with Crippen molar-refractivity contribution in [3.05, 3.63) is 36.9 Å². The van der Waals surface area contributed by atoms with Crippen molar-refractivity contribution in [1.82, 2.24) is 19.8 Å². The van der Waals surface area contributed by atoms with Gasteiger partial charge in [0, 0.05) is 57.5 Å². The quantitative estimate of drug-likeness (QED) is 0.758. The molecule has 2 aliphatic rings. The van der Waals surface area contributed by atoms with Gasteiger partial charge in [0.1, 0.15) is 6.33 Å². The van der Waals surface area contributed by atoms with Crippen LogP contribution in [0.5, 0.6) is 0 Å². The highest BCUT2D eigenvalue weighted by Gasteiger charge is 2.34. The molecule has 0 bridgehead atoms. The number of carbonyl (C=O) groups is 1. The molecule has 6 nitrogen and oxygen atoms in total. The molecule has 1 aromatic rings. The summed E-state index contributed by atoms with van der Waals surface area (Å²) in [4.78, 5) is 24.9. The summed E-state index contributed by atoms with van der Waals surface area (Å²) < 4.78 is 6.04. The van der Waals surface area contributed by atoms with E-state index in [0.717, 1.165) is 51.3 Å². The van der Waals surface area contributed by atoms with Gasteiger partial charge in [0.25, 0.3) is 0 Å². The Balaban J connectivity index is 1.51. The van der Waals surface area contributed by atoms with E-state index in [9.17, 15) is 4.79 Å². The number of piperidine rings is 1. The molecule has 1 aromatic heterocycles. The highest BCUT2D eigenvalue weighted by atomic mass is 16.5. The molecule has 0 N–H and O–H groups in total. The van der Waals surface area contributed by atoms with Gasteiger partial charge in [-0.3, -0.25) is 9.69 Å². The number of likely N-dealkylation sites (tertiary alicyclic amines) is 1. The van der Waals surface area contributed by atoms with Gasteiger partial charge in [0.05, 0.1) is 12.7 Å². The Bertz CT molecular complexity index is 551. The van der Waals surface area contributed by atoms with Gasteiger partial charge in [-0.15, -0.1) is 6.58 Å². The number of amides is 1. The van der Waals surface area contributed by atoms with Crippen LogP contribution in [0.15, 0.2) is 31.4 Å². The topological polar surface area (TPSA) is 58.6 Å². The lowest BCUT2D eigenvalue weighted by atomic mass is 9.93. The first-order chi connectivity index (χ1) is 11.8. The molecular formula is C18H26N4O2. The van der Waals surface area contributed by atoms with E-state index in [2.05, 4.69) is 21.4 Å². The zero-order chi connectivity index (χ0) is 16.8. The van der Waals surface area contributed by atoms with Crippen LogP contribution in [0.1, 0.15) is 18.4 Å². The molecule has 0 aromatic carbocycles. The van der Waals surface area contributed by atoms with Crippen LogP contribution in [0.2, 0.25) is 0 Å². The highest BCUT2D eigenvalue weighted by molar-refractivity contribution is 5.76. The monoisotopic (exact) mass is 330 g/mol. The molecule has 3 heterocycles. The summed E-state index contributed by atoms with van der Waals surface area (Å²) >= 11 is 0. The average molecular weight is 330 g/mol. The fourth-order valence-electron chi connectivity index (χ4n) is 3.56. The van der Waals surface area contributed by atoms with Crippen LogP contribution < -0.4 is 0 Å². The van der Waals surface area contributed by atoms with E-state index in [0.29, 0.717) is 18.8 Å². The standard InChI is InChI=1S/C18H26N4O2/c1-2-6-21-8-9-24-17-13-22(7-5-16(17)12-21)18(23)4-3-15-10-19-14-20-11-15/h2,10-11,14,16-17H,1,3-9,12-13H2/t16-,17-/m1/s1. The van der Waals surface area contributed by atoms with E-state index in [1.807, 2.05) is 11.0 Å². The van der Waals surface area contributed by atoms with E-state index in [1.165, 1.54) is 6.33 Å². The van der Waals surface area contributed by atoms with Gasteiger partial charge in [0.15, 0.2) is 0 Å². The summed E-state index contributed by atoms with van der Waals surface area (Å²) in [5.74, 6) is 0.715. The molecule has 0 saturated carbocycles. The number of rotatable bonds is 5. The fraction of sp³-hybridized carbons (Fsp3) is 0.611. The first-order valence-corrected chi connectivity index (χ1v) is 8.73. The van der Waals surface area contributed by atoms with Gasteiger partial charge in [0.2, 0.25) is 5.91 Å². The van der Waals surface area contributed by atoms with E-state index in [4.69, 9.17) is 4.74 Å². The highest BCUT2D eigenvalue weighted by Crippen LogP contribution is 2.24. The molecule has 2 aliphatic heterocycles. The third kappa shape index (κ3) is 4.39. The number of hydrogen-bond donors (Lipinski definition) is 0. The van der Waals surface area contributed by atoms with Crippen molar-refractivity contribution in [2.75, 3.05) is 39.3 Å². The molecule has 6 heteroatoms. The van der Waals surface area contributed by atoms with Crippen LogP contribution in [0.3, 0.4) is 0 Å². The number of fused-ring (bicyclic) bond motifs is 1. The maximum Gasteiger partial charge on any atom is 0.222 e. The van der Waals surface area contributed by atoms with Crippen molar-refractivity contribution in [2.45, 2.75) is 25.4 Å². The number of ether oxygens (including phenoxy) is 1. The largest absolute Gasteiger partial charge is 0.375 e. The minimum absolute atomic E-state index is 0.164. The maximum atomic E-state index is 12.5. The number of hydrogen-bond acceptors (Lipinski definition) is 5. The van der Waals surface area contributed by atoms with Gasteiger partial charge in [-0.2, -0.15) is 0 Å². The Hall–Kier alpha value is -1.79. The fourth-order valence-corrected chi connectivity index (χ4v) is 3.56. The Morgan fingerprint density at radius 1 is 1.33 bits per heavy atom. The van der Waals surface area contributed by atoms with Gasteiger partial charge in [-0.25, -0.2) is 9.97 Å². The second-order valence-electron chi connectivity index (χ2n) is 6.59. The predicted molar refractivity (Wildman–Crippen MR) is 91.4 cm³/mol. The van der Waals surface area contributed by atoms with E-state index in [-0.39, 0.29) is 12.0 Å². The summed E-state index contributed by atoms with van der Waals surface area (Å²) in [6.07, 6.45) is 9.38. The number of aryl methyl sites for hydroxylation is 1. The van der Waals surface area contributed by atoms with Crippen LogP contribution in [0.4, 0.5) is 0 Å². The van der Waals surface area contributed by atoms with Crippen LogP contribution in [0.25, 0.3) is 0 Å². The second kappa shape index (κ2) is 8.35. The summed E-state index contributed by atoms with van der Waals surface area (Å²) in [7, 11) is 0. The molecule has 2 saturated heterocycles. The van der Waals surface area contributed by atoms with Crippen LogP contribution in [-0.2, 0) is 16.0 Å². The second-order valence-corrected chi connectivity index (χ2v) is 6.59. The molecule has 3 rings (SSSR count). The van der Waals surface area contributed by atoms with E-state index in [1.54, 1.807) is 12.4 Å². The summed E-state index contributed by atoms with van der Waals surface area (Å²) in [6.45, 7) is 9.01. The molecule has 24 heavy (non-hydrogen) atoms. The zero-order valence-electron chi connectivity index (χ0n) is 14.1. The lowest BCUT2D eigenvalue weighted by Crippen LogP contribution is -2.49. The predicted octanol–water partition coefficient (Wildman–Crippen LogP) is 1.14. The number of carbonyl (C=O) groups excluding carboxylic acids is 1. The van der Waals surface area contributed by atoms with Gasteiger partial charge < -0.3 is 9.64 Å². The Labute approximate surface area is 143 Å². The minimum atomic E-state index is 0.164. The molecule has 0 unspecified atom stereocenters. The van der Waals surface area contributed by atoms with Crippen molar-refractivity contribution >= 4 is 5.91 Å². The van der Waals surface area contributed by atoms with Crippen molar-refractivity contribution in [2.24, 2.45) is 5.92 Å². The third-order valence-electron chi connectivity index (χ3n) is 4.91. The maximum absolute atomic E-state index is 12.5. The average Bonchev–Trinajstić information content (AvgIpc) is 2.82. The van der Waals surface area contributed by atoms with E-state index >= 15 is 0 Å². The van der Waals surface area contributed by atoms with Crippen molar-refractivity contribution in [3.63, 3.8) is 0 Å². The lowest BCUT2D eigenvalue weighted by molar-refractivity contribution is -0.136. The molecular weight excluding hydrogens is 304 g/mol. The summed E-state index contributed by atoms with van der Waals surface area (Å²) in [6, 6.07) is 0. The van der Waals surface area contributed by atoms with Crippen molar-refractivity contribution in [1.29, 1.82) is 0 Å². The van der Waals surface area contributed by atoms with Gasteiger partial charge in [-0.1, -0.05) is 6.08 Å². The number of aromatic nitrogens is 2. The third-order valence-corrected chi connectivity index (χ3v) is 4.91. The van der Waals surface area contributed by atoms with Crippen LogP contribution >= 0.6 is 0 Å². The zero-order valence-corrected chi connectivity index (χ0v) is 14.1. The first-order valence-electron chi connectivity index (χ1n) is 8.73. The smallest absolute Gasteiger partial charge is 0.222 e. The number of nitrogens with zero attached hydrogens (tertiary/aromatic N) is 4. The van der Waals surface area contributed by atoms with Crippen molar-refractivity contribution in [3.8, 4) is 0 Å². The summed E-state index contributed by atoms with van der Waals surface area (Å²) in [5.41, 5.74) is 1.01. The molecule has 2 fully saturated rings. The van der Waals surface area contributed by atoms with Crippen LogP contribution in [0, 0.1) is 5.92 Å². The summed E-state index contributed by atoms with van der Waals surface area (Å²) in [5, 5.41) is 0. The molecule has 2 atom stereocenters. The molecule has 1 amide bonds. The lowest BCUT2D eigenvalue weighted by Gasteiger charge is -2.38. The molecule has 0 spiro atoms. The molecule has 0 radical (unpaired) electrons. The molecule has 130 valence electrons. The van der Waals surface area contributed by atoms with Crippen LogP contribution in [-0.4, -0.2) is 71.1 Å². The first kappa shape index (κ1) is 17.0. The molecule has 0 aliphatic carbocycles. The van der Waals surface area contributed by atoms with Gasteiger partial charge >= 0.3 is 0 Å². The Morgan fingerprint density at radius 2 is 2.17 bits per heavy atom. The van der Waals surface area contributed by atoms with Gasteiger partial charge in [-0.05, 0) is 18.4 Å². The Morgan fingerprint density at radius 3 is 2.96 bits per heavy atom.